The van der Waals surface area contributed by atoms with Gasteiger partial charge in [-0.2, -0.15) is 0 Å². The zero-order valence-corrected chi connectivity index (χ0v) is 43.1. The monoisotopic (exact) mass is 908 g/mol. The van der Waals surface area contributed by atoms with Crippen molar-refractivity contribution in [2.24, 2.45) is 5.92 Å². The average molecular weight is 909 g/mol. The second kappa shape index (κ2) is 15.1. The van der Waals surface area contributed by atoms with Crippen molar-refractivity contribution in [3.8, 4) is 44.5 Å². The molecule has 0 N–H and O–H groups in total. The van der Waals surface area contributed by atoms with Crippen LogP contribution in [0, 0.1) is 5.92 Å². The van der Waals surface area contributed by atoms with E-state index in [0.717, 1.165) is 22.3 Å². The van der Waals surface area contributed by atoms with E-state index in [2.05, 4.69) is 241 Å². The summed E-state index contributed by atoms with van der Waals surface area (Å²) in [5.74, 6) is -0.221. The lowest BCUT2D eigenvalue weighted by Gasteiger charge is -2.31. The predicted octanol–water partition coefficient (Wildman–Crippen LogP) is 18.1. The summed E-state index contributed by atoms with van der Waals surface area (Å²) < 4.78 is 0. The van der Waals surface area contributed by atoms with Crippen LogP contribution in [0.5, 0.6) is 0 Å². The number of rotatable bonds is 4. The summed E-state index contributed by atoms with van der Waals surface area (Å²) in [5.41, 5.74) is 26.5. The molecule has 12 rings (SSSR count). The normalized spacial score (nSPS) is 18.0. The van der Waals surface area contributed by atoms with Gasteiger partial charge in [0.05, 0.1) is 5.92 Å². The Balaban J connectivity index is 1.16. The summed E-state index contributed by atoms with van der Waals surface area (Å²) in [6.07, 6.45) is 9.51. The molecular formula is C69H64O. The molecule has 2 atom stereocenters. The van der Waals surface area contributed by atoms with Crippen LogP contribution >= 0.6 is 0 Å². The lowest BCUT2D eigenvalue weighted by Crippen LogP contribution is -2.20. The van der Waals surface area contributed by atoms with E-state index in [1.807, 2.05) is 0 Å². The molecule has 5 aliphatic rings. The summed E-state index contributed by atoms with van der Waals surface area (Å²) in [7, 11) is 0. The van der Waals surface area contributed by atoms with Gasteiger partial charge in [-0.15, -0.1) is 0 Å². The highest BCUT2D eigenvalue weighted by Crippen LogP contribution is 2.64. The van der Waals surface area contributed by atoms with Gasteiger partial charge in [0.1, 0.15) is 0 Å². The van der Waals surface area contributed by atoms with Gasteiger partial charge in [-0.05, 0) is 161 Å². The molecule has 0 fully saturated rings. The largest absolute Gasteiger partial charge is 0.293 e. The van der Waals surface area contributed by atoms with Crippen LogP contribution in [0.2, 0.25) is 0 Å². The fourth-order valence-electron chi connectivity index (χ4n) is 12.3. The molecule has 0 saturated heterocycles. The van der Waals surface area contributed by atoms with Crippen molar-refractivity contribution < 1.29 is 4.79 Å². The van der Waals surface area contributed by atoms with E-state index in [1.165, 1.54) is 111 Å². The maximum absolute atomic E-state index is 16.2. The van der Waals surface area contributed by atoms with Crippen LogP contribution in [-0.4, -0.2) is 5.78 Å². The van der Waals surface area contributed by atoms with Gasteiger partial charge in [-0.1, -0.05) is 229 Å². The van der Waals surface area contributed by atoms with Crippen molar-refractivity contribution in [1.82, 2.24) is 0 Å². The second-order valence-corrected chi connectivity index (χ2v) is 24.8. The van der Waals surface area contributed by atoms with Crippen LogP contribution in [-0.2, 0) is 26.5 Å². The lowest BCUT2D eigenvalue weighted by molar-refractivity contribution is -0.114. The highest BCUT2D eigenvalue weighted by atomic mass is 16.1. The van der Waals surface area contributed by atoms with Gasteiger partial charge in [-0.25, -0.2) is 0 Å². The van der Waals surface area contributed by atoms with Gasteiger partial charge >= 0.3 is 0 Å². The zero-order chi connectivity index (χ0) is 49.0. The highest BCUT2D eigenvalue weighted by Gasteiger charge is 2.51. The maximum Gasteiger partial charge on any atom is 0.175 e. The maximum atomic E-state index is 16.2. The van der Waals surface area contributed by atoms with Crippen LogP contribution in [0.1, 0.15) is 134 Å². The first-order chi connectivity index (χ1) is 33.2. The topological polar surface area (TPSA) is 17.1 Å². The molecule has 2 unspecified atom stereocenters. The van der Waals surface area contributed by atoms with Crippen molar-refractivity contribution >= 4 is 33.8 Å². The summed E-state index contributed by atoms with van der Waals surface area (Å²) in [6, 6.07) is 50.2. The molecule has 1 nitrogen and oxygen atoms in total. The Bertz CT molecular complexity index is 3540. The molecule has 0 spiro atoms. The number of carbonyl (C=O) groups excluding carboxylic acids is 1. The van der Waals surface area contributed by atoms with Gasteiger partial charge in [0.15, 0.2) is 5.78 Å². The van der Waals surface area contributed by atoms with E-state index in [4.69, 9.17) is 0 Å². The molecule has 1 heteroatoms. The minimum absolute atomic E-state index is 0.00632. The molecule has 7 aromatic carbocycles. The van der Waals surface area contributed by atoms with Crippen LogP contribution in [0.15, 0.2) is 174 Å². The molecule has 7 aromatic rings. The predicted molar refractivity (Wildman–Crippen MR) is 297 cm³/mol. The van der Waals surface area contributed by atoms with E-state index < -0.39 is 5.92 Å². The van der Waals surface area contributed by atoms with Gasteiger partial charge in [-0.3, -0.25) is 4.79 Å². The number of benzene rings is 7. The Hall–Kier alpha value is -6.83. The van der Waals surface area contributed by atoms with Crippen molar-refractivity contribution in [3.63, 3.8) is 0 Å². The highest BCUT2D eigenvalue weighted by molar-refractivity contribution is 6.32. The molecule has 346 valence electrons. The number of hydrogen-bond donors (Lipinski definition) is 0. The SMILES string of the molecule is CC(C)(C)c1cc(C2=C3C4=Cc5c(cc6c7c(cccc57)-c5c(-c7ccccc7)ccc(-c7ccccc7)c5-6)C5=CC=CC(=C3C(c3cc(C(C)(C)C)cc(C(C)(C)C)c3)C2=O)C45)cc(C(C)(C)C)c1. The molecule has 0 amide bonds. The van der Waals surface area contributed by atoms with Crippen molar-refractivity contribution in [2.75, 3.05) is 0 Å². The Morgan fingerprint density at radius 3 is 1.50 bits per heavy atom. The molecule has 0 bridgehead atoms. The van der Waals surface area contributed by atoms with E-state index in [9.17, 15) is 0 Å². The molecule has 0 heterocycles. The third kappa shape index (κ3) is 6.67. The average Bonchev–Trinajstić information content (AvgIpc) is 3.94. The van der Waals surface area contributed by atoms with Crippen molar-refractivity contribution in [1.29, 1.82) is 0 Å². The Morgan fingerprint density at radius 2 is 0.957 bits per heavy atom. The summed E-state index contributed by atoms with van der Waals surface area (Å²) in [6.45, 7) is 27.6. The van der Waals surface area contributed by atoms with E-state index in [-0.39, 0.29) is 33.4 Å². The summed E-state index contributed by atoms with van der Waals surface area (Å²) in [4.78, 5) is 16.2. The minimum atomic E-state index is -0.437. The van der Waals surface area contributed by atoms with Crippen LogP contribution < -0.4 is 0 Å². The van der Waals surface area contributed by atoms with Gasteiger partial charge in [0, 0.05) is 11.5 Å². The van der Waals surface area contributed by atoms with Crippen LogP contribution in [0.4, 0.5) is 0 Å². The molecule has 0 radical (unpaired) electrons. The van der Waals surface area contributed by atoms with Crippen LogP contribution in [0.25, 0.3) is 72.5 Å². The first-order valence-corrected chi connectivity index (χ1v) is 25.5. The number of carbonyl (C=O) groups is 1. The smallest absolute Gasteiger partial charge is 0.175 e. The first kappa shape index (κ1) is 44.4. The van der Waals surface area contributed by atoms with E-state index in [0.29, 0.717) is 0 Å². The zero-order valence-electron chi connectivity index (χ0n) is 43.1. The fourth-order valence-corrected chi connectivity index (χ4v) is 12.3. The Morgan fingerprint density at radius 1 is 0.429 bits per heavy atom. The van der Waals surface area contributed by atoms with Gasteiger partial charge in [0.25, 0.3) is 0 Å². The number of allylic oxidation sites excluding steroid dienone is 9. The van der Waals surface area contributed by atoms with Crippen molar-refractivity contribution in [2.45, 2.75) is 111 Å². The number of Topliss-reactive ketones (excluding diaryl/α,β-unsaturated/α-hetero) is 1. The molecule has 5 aliphatic carbocycles. The number of ketones is 1. The number of hydrogen-bond acceptors (Lipinski definition) is 1. The minimum Gasteiger partial charge on any atom is -0.293 e. The van der Waals surface area contributed by atoms with E-state index in [1.54, 1.807) is 0 Å². The van der Waals surface area contributed by atoms with Gasteiger partial charge in [0.2, 0.25) is 0 Å². The Labute approximate surface area is 416 Å². The second-order valence-electron chi connectivity index (χ2n) is 24.8. The molecular weight excluding hydrogens is 845 g/mol. The third-order valence-electron chi connectivity index (χ3n) is 16.1. The van der Waals surface area contributed by atoms with Crippen LogP contribution in [0.3, 0.4) is 0 Å². The van der Waals surface area contributed by atoms with Gasteiger partial charge < -0.3 is 0 Å². The first-order valence-electron chi connectivity index (χ1n) is 25.5. The molecule has 0 aromatic heterocycles. The quantitative estimate of drug-likeness (QED) is 0.172. The standard InChI is InChI=1S/C69H64O/c1-66(2,3)43-31-41(32-44(35-43)67(4,5)6)57-63-52-28-20-26-50-53-37-55-59-49(25-19-27-51(59)61-47(39-21-15-13-16-22-39)29-30-48(62(55)61)40-23-17-14-18-24-40)54(53)38-56(60(50)52)64(63)58(65(57)70)42-33-45(68(7,8)9)36-46(34-42)69(10,11)12/h13-38,57,60H,1-12H3. The van der Waals surface area contributed by atoms with E-state index >= 15 is 4.79 Å². The Kier molecular flexibility index (Phi) is 9.57. The summed E-state index contributed by atoms with van der Waals surface area (Å²) in [5, 5.41) is 2.57. The molecule has 70 heavy (non-hydrogen) atoms. The summed E-state index contributed by atoms with van der Waals surface area (Å²) >= 11 is 0. The third-order valence-corrected chi connectivity index (χ3v) is 16.1. The van der Waals surface area contributed by atoms with Crippen molar-refractivity contribution in [3.05, 3.63) is 218 Å². The fraction of sp³-hybridized carbons (Fsp3) is 0.261. The lowest BCUT2D eigenvalue weighted by atomic mass is 9.72. The molecule has 0 saturated carbocycles. The molecule has 0 aliphatic heterocycles. The number of fused-ring (bicyclic) bond motifs is 8.